The van der Waals surface area contributed by atoms with Crippen molar-refractivity contribution in [3.05, 3.63) is 23.5 Å². The Kier molecular flexibility index (Phi) is 6.36. The van der Waals surface area contributed by atoms with Gasteiger partial charge in [-0.15, -0.1) is 11.6 Å². The van der Waals surface area contributed by atoms with E-state index in [0.29, 0.717) is 36.8 Å². The van der Waals surface area contributed by atoms with E-state index in [0.717, 1.165) is 75.5 Å². The van der Waals surface area contributed by atoms with Gasteiger partial charge in [-0.1, -0.05) is 6.08 Å². The van der Waals surface area contributed by atoms with Gasteiger partial charge in [-0.3, -0.25) is 4.99 Å². The summed E-state index contributed by atoms with van der Waals surface area (Å²) in [6.07, 6.45) is 10.9. The van der Waals surface area contributed by atoms with Crippen molar-refractivity contribution in [2.75, 3.05) is 19.7 Å². The highest BCUT2D eigenvalue weighted by atomic mass is 35.5. The second-order valence-corrected chi connectivity index (χ2v) is 11.0. The molecule has 5 rings (SSSR count). The fourth-order valence-electron chi connectivity index (χ4n) is 6.64. The van der Waals surface area contributed by atoms with Gasteiger partial charge in [-0.2, -0.15) is 0 Å². The average Bonchev–Trinajstić information content (AvgIpc) is 3.36. The summed E-state index contributed by atoms with van der Waals surface area (Å²) < 4.78 is 20.2. The normalized spacial score (nSPS) is 39.3. The number of fused-ring (bicyclic) bond motifs is 3. The molecule has 5 nitrogen and oxygen atoms in total. The summed E-state index contributed by atoms with van der Waals surface area (Å²) in [6.45, 7) is 8.45. The molecule has 6 atom stereocenters. The number of hydrogen-bond donors (Lipinski definition) is 1. The van der Waals surface area contributed by atoms with Crippen molar-refractivity contribution in [2.24, 2.45) is 21.8 Å². The molecule has 0 aromatic rings. The molecule has 4 fully saturated rings. The first kappa shape index (κ1) is 22.4. The molecule has 0 bridgehead atoms. The zero-order valence-corrected chi connectivity index (χ0v) is 19.9. The Balaban J connectivity index is 1.21. The number of rotatable bonds is 4. The van der Waals surface area contributed by atoms with Gasteiger partial charge in [-0.05, 0) is 88.5 Å². The molecule has 1 spiro atoms. The minimum Gasteiger partial charge on any atom is -0.374 e. The van der Waals surface area contributed by atoms with E-state index in [-0.39, 0.29) is 11.0 Å². The number of aliphatic imine (C=N–C) groups is 2. The van der Waals surface area contributed by atoms with E-state index in [1.165, 1.54) is 0 Å². The Morgan fingerprint density at radius 2 is 2.06 bits per heavy atom. The van der Waals surface area contributed by atoms with E-state index >= 15 is 0 Å². The van der Waals surface area contributed by atoms with Gasteiger partial charge in [0.2, 0.25) is 0 Å². The van der Waals surface area contributed by atoms with Crippen molar-refractivity contribution in [1.29, 1.82) is 0 Å². The van der Waals surface area contributed by atoms with Gasteiger partial charge in [0, 0.05) is 18.5 Å². The van der Waals surface area contributed by atoms with Crippen LogP contribution >= 0.6 is 11.6 Å². The first-order chi connectivity index (χ1) is 15.5. The number of alkyl halides is 2. The lowest BCUT2D eigenvalue weighted by Gasteiger charge is -2.44. The summed E-state index contributed by atoms with van der Waals surface area (Å²) in [5.74, 6) is 2.81. The molecule has 1 N–H and O–H groups in total. The van der Waals surface area contributed by atoms with Gasteiger partial charge in [-0.25, -0.2) is 9.38 Å². The minimum absolute atomic E-state index is 0.0571. The molecule has 6 unspecified atom stereocenters. The van der Waals surface area contributed by atoms with Crippen LogP contribution in [0.3, 0.4) is 0 Å². The summed E-state index contributed by atoms with van der Waals surface area (Å²) in [4.78, 5) is 11.5. The molecule has 7 heteroatoms. The van der Waals surface area contributed by atoms with Crippen molar-refractivity contribution in [3.8, 4) is 0 Å². The highest BCUT2D eigenvalue weighted by Crippen LogP contribution is 2.50. The number of ether oxygens (including phenoxy) is 1. The van der Waals surface area contributed by atoms with Crippen LogP contribution in [0.5, 0.6) is 0 Å². The SMILES string of the molecule is C=NC(=C/C=C(\C)C1=NC2CCC(Cl)CC2N1)N1CCC2(CC1)OCC1CC(F)CCC12. The monoisotopic (exact) mass is 462 g/mol. The van der Waals surface area contributed by atoms with Crippen LogP contribution in [-0.2, 0) is 4.74 Å². The predicted molar refractivity (Wildman–Crippen MR) is 128 cm³/mol. The van der Waals surface area contributed by atoms with Crippen LogP contribution < -0.4 is 5.32 Å². The second-order valence-electron chi connectivity index (χ2n) is 10.4. The molecule has 0 amide bonds. The molecule has 0 aromatic heterocycles. The number of likely N-dealkylation sites (tertiary alicyclic amines) is 1. The topological polar surface area (TPSA) is 49.2 Å². The average molecular weight is 463 g/mol. The van der Waals surface area contributed by atoms with Crippen LogP contribution in [0.25, 0.3) is 0 Å². The molecule has 176 valence electrons. The van der Waals surface area contributed by atoms with Crippen molar-refractivity contribution in [3.63, 3.8) is 0 Å². The molecule has 0 aromatic carbocycles. The molecular formula is C25H36ClFN4O. The quantitative estimate of drug-likeness (QED) is 0.376. The summed E-state index contributed by atoms with van der Waals surface area (Å²) in [6, 6.07) is 0.719. The van der Waals surface area contributed by atoms with Gasteiger partial charge < -0.3 is 15.0 Å². The molecule has 2 aliphatic carbocycles. The lowest BCUT2D eigenvalue weighted by atomic mass is 9.68. The molecule has 2 saturated carbocycles. The van der Waals surface area contributed by atoms with Gasteiger partial charge in [0.15, 0.2) is 0 Å². The third kappa shape index (κ3) is 4.25. The number of nitrogens with zero attached hydrogens (tertiary/aromatic N) is 3. The van der Waals surface area contributed by atoms with Crippen molar-refractivity contribution < 1.29 is 9.13 Å². The van der Waals surface area contributed by atoms with E-state index in [2.05, 4.69) is 41.0 Å². The summed E-state index contributed by atoms with van der Waals surface area (Å²) in [7, 11) is 0. The van der Waals surface area contributed by atoms with Crippen LogP contribution in [0.2, 0.25) is 0 Å². The Morgan fingerprint density at radius 1 is 1.25 bits per heavy atom. The molecule has 3 aliphatic heterocycles. The van der Waals surface area contributed by atoms with Gasteiger partial charge >= 0.3 is 0 Å². The zero-order valence-electron chi connectivity index (χ0n) is 19.1. The lowest BCUT2D eigenvalue weighted by Crippen LogP contribution is -2.48. The Hall–Kier alpha value is -1.40. The Morgan fingerprint density at radius 3 is 2.84 bits per heavy atom. The number of hydrogen-bond acceptors (Lipinski definition) is 5. The fourth-order valence-corrected chi connectivity index (χ4v) is 6.95. The van der Waals surface area contributed by atoms with Crippen molar-refractivity contribution in [1.82, 2.24) is 10.2 Å². The first-order valence-corrected chi connectivity index (χ1v) is 12.8. The van der Waals surface area contributed by atoms with Crippen LogP contribution in [0.15, 0.2) is 33.5 Å². The van der Waals surface area contributed by atoms with E-state index < -0.39 is 6.17 Å². The van der Waals surface area contributed by atoms with Crippen molar-refractivity contribution >= 4 is 24.2 Å². The molecule has 3 heterocycles. The van der Waals surface area contributed by atoms with E-state index in [4.69, 9.17) is 21.3 Å². The summed E-state index contributed by atoms with van der Waals surface area (Å²) >= 11 is 6.34. The molecular weight excluding hydrogens is 427 g/mol. The Bertz CT molecular complexity index is 819. The summed E-state index contributed by atoms with van der Waals surface area (Å²) in [5, 5.41) is 3.83. The Labute approximate surface area is 196 Å². The van der Waals surface area contributed by atoms with Gasteiger partial charge in [0.1, 0.15) is 17.8 Å². The molecule has 0 radical (unpaired) electrons. The first-order valence-electron chi connectivity index (χ1n) is 12.3. The molecule has 5 aliphatic rings. The fraction of sp³-hybridized carbons (Fsp3) is 0.760. The third-order valence-electron chi connectivity index (χ3n) is 8.50. The van der Waals surface area contributed by atoms with Gasteiger partial charge in [0.25, 0.3) is 0 Å². The maximum Gasteiger partial charge on any atom is 0.127 e. The number of amidine groups is 1. The van der Waals surface area contributed by atoms with Crippen LogP contribution in [-0.4, -0.2) is 66.4 Å². The molecule has 2 saturated heterocycles. The standard InChI is InChI=1S/C25H36ClFN4O/c1-16(24-29-21-7-4-18(26)14-22(21)30-24)3-8-23(28-2)31-11-9-25(10-12-31)20-6-5-19(27)13-17(20)15-32-25/h3,8,17-22H,2,4-7,9-15H2,1H3,(H,29,30)/b16-3+,23-8?. The largest absolute Gasteiger partial charge is 0.374 e. The second kappa shape index (κ2) is 9.09. The van der Waals surface area contributed by atoms with Crippen LogP contribution in [0.1, 0.15) is 58.3 Å². The number of nitrogens with one attached hydrogen (secondary N) is 1. The maximum atomic E-state index is 13.8. The van der Waals surface area contributed by atoms with E-state index in [1.54, 1.807) is 0 Å². The van der Waals surface area contributed by atoms with Crippen molar-refractivity contribution in [2.45, 2.75) is 87.5 Å². The maximum absolute atomic E-state index is 13.8. The zero-order chi connectivity index (χ0) is 22.3. The smallest absolute Gasteiger partial charge is 0.127 e. The predicted octanol–water partition coefficient (Wildman–Crippen LogP) is 4.62. The third-order valence-corrected chi connectivity index (χ3v) is 8.89. The minimum atomic E-state index is -0.635. The lowest BCUT2D eigenvalue weighted by molar-refractivity contribution is -0.0657. The van der Waals surface area contributed by atoms with Crippen LogP contribution in [0.4, 0.5) is 4.39 Å². The van der Waals surface area contributed by atoms with E-state index in [9.17, 15) is 4.39 Å². The number of piperidine rings is 1. The summed E-state index contributed by atoms with van der Waals surface area (Å²) in [5.41, 5.74) is 1.06. The highest BCUT2D eigenvalue weighted by Gasteiger charge is 2.52. The molecule has 32 heavy (non-hydrogen) atoms. The van der Waals surface area contributed by atoms with Crippen LogP contribution in [0, 0.1) is 11.8 Å². The van der Waals surface area contributed by atoms with Gasteiger partial charge in [0.05, 0.1) is 24.3 Å². The number of allylic oxidation sites excluding steroid dienone is 2. The number of halogens is 2. The highest BCUT2D eigenvalue weighted by molar-refractivity contribution is 6.20. The van der Waals surface area contributed by atoms with E-state index in [1.807, 2.05) is 0 Å².